The second kappa shape index (κ2) is 9.55. The number of ether oxygens (including phenoxy) is 1. The summed E-state index contributed by atoms with van der Waals surface area (Å²) in [7, 11) is 0. The molecule has 27 heavy (non-hydrogen) atoms. The van der Waals surface area contributed by atoms with Gasteiger partial charge in [-0.2, -0.15) is 0 Å². The molecule has 6 heteroatoms. The fourth-order valence-corrected chi connectivity index (χ4v) is 4.49. The second-order valence-corrected chi connectivity index (χ2v) is 7.78. The molecule has 0 saturated heterocycles. The number of benzene rings is 1. The molecule has 2 N–H and O–H groups in total. The molecule has 0 aliphatic heterocycles. The van der Waals surface area contributed by atoms with Crippen LogP contribution in [0.5, 0.6) is 5.75 Å². The summed E-state index contributed by atoms with van der Waals surface area (Å²) in [5, 5.41) is 6.55. The van der Waals surface area contributed by atoms with Gasteiger partial charge in [-0.1, -0.05) is 31.5 Å². The largest absolute Gasteiger partial charge is 0.484 e. The van der Waals surface area contributed by atoms with Crippen molar-refractivity contribution >= 4 is 28.2 Å². The maximum atomic E-state index is 12.7. The van der Waals surface area contributed by atoms with Crippen LogP contribution in [0.15, 0.2) is 30.3 Å². The van der Waals surface area contributed by atoms with Crippen LogP contribution >= 0.6 is 11.3 Å². The van der Waals surface area contributed by atoms with Gasteiger partial charge in [0.05, 0.1) is 5.56 Å². The summed E-state index contributed by atoms with van der Waals surface area (Å²) in [5.74, 6) is 0.317. The van der Waals surface area contributed by atoms with Crippen molar-refractivity contribution in [2.75, 3.05) is 18.5 Å². The van der Waals surface area contributed by atoms with Gasteiger partial charge >= 0.3 is 0 Å². The van der Waals surface area contributed by atoms with E-state index in [0.717, 1.165) is 44.1 Å². The van der Waals surface area contributed by atoms with Crippen LogP contribution < -0.4 is 15.4 Å². The van der Waals surface area contributed by atoms with E-state index in [2.05, 4.69) is 17.6 Å². The Morgan fingerprint density at radius 1 is 1.15 bits per heavy atom. The van der Waals surface area contributed by atoms with Gasteiger partial charge in [-0.25, -0.2) is 0 Å². The van der Waals surface area contributed by atoms with Crippen LogP contribution in [0.25, 0.3) is 0 Å². The Morgan fingerprint density at radius 3 is 2.70 bits per heavy atom. The monoisotopic (exact) mass is 386 g/mol. The summed E-state index contributed by atoms with van der Waals surface area (Å²) >= 11 is 1.53. The van der Waals surface area contributed by atoms with E-state index in [1.54, 1.807) is 0 Å². The molecule has 2 aromatic rings. The number of hydrogen-bond donors (Lipinski definition) is 2. The van der Waals surface area contributed by atoms with Crippen LogP contribution in [0.2, 0.25) is 0 Å². The number of carbonyl (C=O) groups excluding carboxylic acids is 2. The normalized spacial score (nSPS) is 12.9. The van der Waals surface area contributed by atoms with Crippen molar-refractivity contribution in [2.45, 2.75) is 45.4 Å². The number of nitrogens with one attached hydrogen (secondary N) is 2. The molecule has 1 heterocycles. The molecule has 1 aromatic carbocycles. The predicted molar refractivity (Wildman–Crippen MR) is 109 cm³/mol. The van der Waals surface area contributed by atoms with Crippen LogP contribution in [-0.2, 0) is 17.6 Å². The van der Waals surface area contributed by atoms with Crippen molar-refractivity contribution in [3.63, 3.8) is 0 Å². The highest BCUT2D eigenvalue weighted by atomic mass is 32.1. The minimum absolute atomic E-state index is 0.0799. The number of para-hydroxylation sites is 1. The van der Waals surface area contributed by atoms with E-state index >= 15 is 0 Å². The summed E-state index contributed by atoms with van der Waals surface area (Å²) in [6.45, 7) is 2.67. The minimum atomic E-state index is -0.250. The van der Waals surface area contributed by atoms with Crippen LogP contribution in [0, 0.1) is 0 Å². The third-order valence-electron chi connectivity index (χ3n) is 4.58. The zero-order valence-corrected chi connectivity index (χ0v) is 16.5. The highest BCUT2D eigenvalue weighted by Gasteiger charge is 2.26. The summed E-state index contributed by atoms with van der Waals surface area (Å²) in [5.41, 5.74) is 1.76. The van der Waals surface area contributed by atoms with E-state index in [1.165, 1.54) is 16.2 Å². The van der Waals surface area contributed by atoms with Gasteiger partial charge in [-0.05, 0) is 49.8 Å². The molecular formula is C21H26N2O3S. The number of hydrogen-bond acceptors (Lipinski definition) is 4. The van der Waals surface area contributed by atoms with Crippen molar-refractivity contribution in [2.24, 2.45) is 0 Å². The number of anilines is 1. The topological polar surface area (TPSA) is 67.4 Å². The molecule has 0 atom stereocenters. The SMILES string of the molecule is CCCCNC(=O)c1c(NC(=O)COc2ccccc2)sc2c1CCCC2. The Hall–Kier alpha value is -2.34. The highest BCUT2D eigenvalue weighted by Crippen LogP contribution is 2.38. The summed E-state index contributed by atoms with van der Waals surface area (Å²) in [6, 6.07) is 9.23. The molecule has 144 valence electrons. The average molecular weight is 387 g/mol. The minimum Gasteiger partial charge on any atom is -0.484 e. The Bertz CT molecular complexity index is 786. The quantitative estimate of drug-likeness (QED) is 0.669. The van der Waals surface area contributed by atoms with Gasteiger partial charge in [0.25, 0.3) is 11.8 Å². The third-order valence-corrected chi connectivity index (χ3v) is 5.79. The van der Waals surface area contributed by atoms with Crippen molar-refractivity contribution < 1.29 is 14.3 Å². The standard InChI is InChI=1S/C21H26N2O3S/c1-2-3-13-22-20(25)19-16-11-7-8-12-17(16)27-21(19)23-18(24)14-26-15-9-5-4-6-10-15/h4-6,9-10H,2-3,7-8,11-14H2,1H3,(H,22,25)(H,23,24). The maximum Gasteiger partial charge on any atom is 0.262 e. The van der Waals surface area contributed by atoms with E-state index in [1.807, 2.05) is 30.3 Å². The molecule has 5 nitrogen and oxygen atoms in total. The third kappa shape index (κ3) is 5.10. The molecular weight excluding hydrogens is 360 g/mol. The lowest BCUT2D eigenvalue weighted by Crippen LogP contribution is -2.27. The second-order valence-electron chi connectivity index (χ2n) is 6.67. The predicted octanol–water partition coefficient (Wildman–Crippen LogP) is 4.17. The smallest absolute Gasteiger partial charge is 0.262 e. The number of carbonyl (C=O) groups is 2. The number of aryl methyl sites for hydroxylation is 1. The highest BCUT2D eigenvalue weighted by molar-refractivity contribution is 7.17. The van der Waals surface area contributed by atoms with E-state index in [-0.39, 0.29) is 18.4 Å². The van der Waals surface area contributed by atoms with Crippen molar-refractivity contribution in [3.8, 4) is 5.75 Å². The van der Waals surface area contributed by atoms with Crippen LogP contribution in [0.4, 0.5) is 5.00 Å². The number of unbranched alkanes of at least 4 members (excludes halogenated alkanes) is 1. The van der Waals surface area contributed by atoms with Crippen LogP contribution in [0.1, 0.15) is 53.4 Å². The van der Waals surface area contributed by atoms with Crippen LogP contribution in [-0.4, -0.2) is 25.0 Å². The first-order chi connectivity index (χ1) is 13.2. The van der Waals surface area contributed by atoms with Gasteiger partial charge < -0.3 is 15.4 Å². The average Bonchev–Trinajstić information content (AvgIpc) is 3.05. The number of amides is 2. The van der Waals surface area contributed by atoms with E-state index in [9.17, 15) is 9.59 Å². The Balaban J connectivity index is 1.70. The van der Waals surface area contributed by atoms with Crippen molar-refractivity contribution in [1.29, 1.82) is 0 Å². The first-order valence-electron chi connectivity index (χ1n) is 9.59. The van der Waals surface area contributed by atoms with Crippen LogP contribution in [0.3, 0.4) is 0 Å². The summed E-state index contributed by atoms with van der Waals surface area (Å²) < 4.78 is 5.51. The molecule has 1 aliphatic rings. The lowest BCUT2D eigenvalue weighted by atomic mass is 9.95. The van der Waals surface area contributed by atoms with Gasteiger partial charge in [0, 0.05) is 11.4 Å². The van der Waals surface area contributed by atoms with E-state index in [4.69, 9.17) is 4.74 Å². The lowest BCUT2D eigenvalue weighted by Gasteiger charge is -2.13. The van der Waals surface area contributed by atoms with Gasteiger partial charge in [0.2, 0.25) is 0 Å². The van der Waals surface area contributed by atoms with Crippen molar-refractivity contribution in [3.05, 3.63) is 46.3 Å². The van der Waals surface area contributed by atoms with E-state index < -0.39 is 0 Å². The first kappa shape index (κ1) is 19.4. The van der Waals surface area contributed by atoms with Gasteiger partial charge in [0.1, 0.15) is 10.8 Å². The summed E-state index contributed by atoms with van der Waals surface area (Å²) in [6.07, 6.45) is 6.08. The summed E-state index contributed by atoms with van der Waals surface area (Å²) in [4.78, 5) is 26.3. The molecule has 1 aliphatic carbocycles. The molecule has 0 fully saturated rings. The molecule has 1 aromatic heterocycles. The molecule has 0 unspecified atom stereocenters. The Kier molecular flexibility index (Phi) is 6.87. The number of fused-ring (bicyclic) bond motifs is 1. The molecule has 0 saturated carbocycles. The first-order valence-corrected chi connectivity index (χ1v) is 10.4. The zero-order valence-electron chi connectivity index (χ0n) is 15.7. The Labute approximate surface area is 164 Å². The molecule has 2 amide bonds. The van der Waals surface area contributed by atoms with Crippen molar-refractivity contribution in [1.82, 2.24) is 5.32 Å². The Morgan fingerprint density at radius 2 is 1.93 bits per heavy atom. The van der Waals surface area contributed by atoms with E-state index in [0.29, 0.717) is 22.9 Å². The zero-order chi connectivity index (χ0) is 19.1. The molecule has 0 spiro atoms. The number of rotatable bonds is 8. The van der Waals surface area contributed by atoms with Gasteiger partial charge in [0.15, 0.2) is 6.61 Å². The molecule has 0 radical (unpaired) electrons. The fraction of sp³-hybridized carbons (Fsp3) is 0.429. The molecule has 0 bridgehead atoms. The van der Waals surface area contributed by atoms with Gasteiger partial charge in [-0.3, -0.25) is 9.59 Å². The van der Waals surface area contributed by atoms with Gasteiger partial charge in [-0.15, -0.1) is 11.3 Å². The maximum absolute atomic E-state index is 12.7. The molecule has 3 rings (SSSR count). The number of thiophene rings is 1. The lowest BCUT2D eigenvalue weighted by molar-refractivity contribution is -0.118. The fourth-order valence-electron chi connectivity index (χ4n) is 3.19.